The number of nitrogens with zero attached hydrogens (tertiary/aromatic N) is 3. The van der Waals surface area contributed by atoms with E-state index in [1.165, 1.54) is 11.6 Å². The van der Waals surface area contributed by atoms with Gasteiger partial charge in [-0.2, -0.15) is 0 Å². The molecule has 0 saturated heterocycles. The van der Waals surface area contributed by atoms with Gasteiger partial charge in [-0.1, -0.05) is 60.1 Å². The molecule has 3 heterocycles. The minimum atomic E-state index is -0.544. The summed E-state index contributed by atoms with van der Waals surface area (Å²) in [6, 6.07) is 21.5. The molecule has 6 nitrogen and oxygen atoms in total. The third-order valence-corrected chi connectivity index (χ3v) is 7.37. The Morgan fingerprint density at radius 2 is 1.56 bits per heavy atom. The van der Waals surface area contributed by atoms with Crippen LogP contribution in [0, 0.1) is 13.8 Å². The lowest BCUT2D eigenvalue weighted by atomic mass is 9.99. The van der Waals surface area contributed by atoms with Gasteiger partial charge in [0.1, 0.15) is 5.75 Å². The van der Waals surface area contributed by atoms with Crippen LogP contribution in [0.1, 0.15) is 28.5 Å². The van der Waals surface area contributed by atoms with Crippen LogP contribution < -0.4 is 16.0 Å². The Kier molecular flexibility index (Phi) is 4.99. The summed E-state index contributed by atoms with van der Waals surface area (Å²) in [6.07, 6.45) is -0.544. The smallest absolute Gasteiger partial charge is 0.331 e. The van der Waals surface area contributed by atoms with Gasteiger partial charge in [-0.3, -0.25) is 13.9 Å². The zero-order valence-corrected chi connectivity index (χ0v) is 21.1. The van der Waals surface area contributed by atoms with Gasteiger partial charge in [-0.15, -0.1) is 0 Å². The first-order chi connectivity index (χ1) is 17.3. The van der Waals surface area contributed by atoms with Crippen LogP contribution in [0.25, 0.3) is 27.8 Å². The Hall–Kier alpha value is -4.03. The van der Waals surface area contributed by atoms with Gasteiger partial charge in [0.25, 0.3) is 5.56 Å². The summed E-state index contributed by atoms with van der Waals surface area (Å²) in [6.45, 7) is 4.05. The molecule has 6 rings (SSSR count). The number of aromatic nitrogens is 3. The van der Waals surface area contributed by atoms with E-state index in [1.807, 2.05) is 74.5 Å². The number of halogens is 1. The average Bonchev–Trinajstić information content (AvgIpc) is 3.23. The van der Waals surface area contributed by atoms with Crippen molar-refractivity contribution in [3.8, 4) is 22.7 Å². The lowest BCUT2D eigenvalue weighted by Gasteiger charge is -2.31. The topological polar surface area (TPSA) is 58.2 Å². The van der Waals surface area contributed by atoms with Crippen molar-refractivity contribution in [1.82, 2.24) is 13.7 Å². The van der Waals surface area contributed by atoms with E-state index >= 15 is 0 Å². The van der Waals surface area contributed by atoms with Crippen molar-refractivity contribution in [1.29, 1.82) is 0 Å². The van der Waals surface area contributed by atoms with Gasteiger partial charge in [0.2, 0.25) is 0 Å². The maximum atomic E-state index is 13.8. The summed E-state index contributed by atoms with van der Waals surface area (Å²) < 4.78 is 11.4. The van der Waals surface area contributed by atoms with Crippen LogP contribution in [0.5, 0.6) is 5.75 Å². The molecule has 0 bridgehead atoms. The van der Waals surface area contributed by atoms with E-state index in [1.54, 1.807) is 17.7 Å². The van der Waals surface area contributed by atoms with E-state index < -0.39 is 11.8 Å². The van der Waals surface area contributed by atoms with Gasteiger partial charge in [-0.05, 0) is 43.2 Å². The number of hydrogen-bond acceptors (Lipinski definition) is 3. The highest BCUT2D eigenvalue weighted by atomic mass is 35.5. The lowest BCUT2D eigenvalue weighted by molar-refractivity contribution is 0.228. The second-order valence-electron chi connectivity index (χ2n) is 9.28. The highest BCUT2D eigenvalue weighted by Gasteiger charge is 2.37. The molecule has 0 radical (unpaired) electrons. The number of aryl methyl sites for hydroxylation is 3. The molecule has 0 amide bonds. The van der Waals surface area contributed by atoms with Crippen molar-refractivity contribution < 1.29 is 4.74 Å². The third kappa shape index (κ3) is 3.04. The highest BCUT2D eigenvalue weighted by molar-refractivity contribution is 6.30. The molecule has 1 aliphatic heterocycles. The molecule has 0 fully saturated rings. The minimum Gasteiger partial charge on any atom is -0.477 e. The molecule has 180 valence electrons. The quantitative estimate of drug-likeness (QED) is 0.326. The fourth-order valence-corrected chi connectivity index (χ4v) is 5.49. The standard InChI is InChI=1S/C29H24ClN3O3/c1-16-9-5-7-11-19(16)24-23-25(31(3)29(35)32(4)28(23)34)26-27(20-12-8-6-10-17(20)2)36-22-14-13-18(30)15-21(22)33(24)26/h5-15,27H,1-4H3/t27-/m0/s1. The number of ether oxygens (including phenoxy) is 1. The molecule has 0 saturated carbocycles. The van der Waals surface area contributed by atoms with Crippen molar-refractivity contribution in [3.05, 3.63) is 115 Å². The van der Waals surface area contributed by atoms with Crippen molar-refractivity contribution in [3.63, 3.8) is 0 Å². The maximum absolute atomic E-state index is 13.8. The summed E-state index contributed by atoms with van der Waals surface area (Å²) in [5.41, 5.74) is 5.92. The minimum absolute atomic E-state index is 0.347. The van der Waals surface area contributed by atoms with E-state index in [0.717, 1.165) is 39.3 Å². The molecule has 0 unspecified atom stereocenters. The Morgan fingerprint density at radius 3 is 2.28 bits per heavy atom. The fraction of sp³-hybridized carbons (Fsp3) is 0.172. The van der Waals surface area contributed by atoms with Crippen molar-refractivity contribution in [2.45, 2.75) is 20.0 Å². The van der Waals surface area contributed by atoms with E-state index in [4.69, 9.17) is 16.3 Å². The molecular weight excluding hydrogens is 474 g/mol. The van der Waals surface area contributed by atoms with E-state index in [-0.39, 0.29) is 5.56 Å². The van der Waals surface area contributed by atoms with Crippen LogP contribution in [0.4, 0.5) is 0 Å². The maximum Gasteiger partial charge on any atom is 0.331 e. The molecule has 36 heavy (non-hydrogen) atoms. The molecule has 1 atom stereocenters. The van der Waals surface area contributed by atoms with Crippen LogP contribution in [-0.4, -0.2) is 13.7 Å². The van der Waals surface area contributed by atoms with Gasteiger partial charge in [-0.25, -0.2) is 4.79 Å². The van der Waals surface area contributed by atoms with Crippen LogP contribution in [0.2, 0.25) is 5.02 Å². The largest absolute Gasteiger partial charge is 0.477 e. The molecular formula is C29H24ClN3O3. The van der Waals surface area contributed by atoms with E-state index in [2.05, 4.69) is 4.57 Å². The van der Waals surface area contributed by atoms with Crippen molar-refractivity contribution in [2.24, 2.45) is 14.1 Å². The molecule has 1 aliphatic rings. The Labute approximate surface area is 212 Å². The van der Waals surface area contributed by atoms with Crippen LogP contribution in [0.3, 0.4) is 0 Å². The highest BCUT2D eigenvalue weighted by Crippen LogP contribution is 2.48. The fourth-order valence-electron chi connectivity index (χ4n) is 5.32. The first-order valence-electron chi connectivity index (χ1n) is 11.7. The summed E-state index contributed by atoms with van der Waals surface area (Å²) in [5.74, 6) is 0.650. The predicted molar refractivity (Wildman–Crippen MR) is 143 cm³/mol. The monoisotopic (exact) mass is 497 g/mol. The SMILES string of the molecule is Cc1ccccc1-c1c2c(=O)n(C)c(=O)n(C)c2c2n1-c1cc(Cl)ccc1O[C@H]2c1ccccc1C. The van der Waals surface area contributed by atoms with Gasteiger partial charge < -0.3 is 9.30 Å². The lowest BCUT2D eigenvalue weighted by Crippen LogP contribution is -2.37. The van der Waals surface area contributed by atoms with Gasteiger partial charge in [0.15, 0.2) is 6.10 Å². The predicted octanol–water partition coefficient (Wildman–Crippen LogP) is 5.45. The number of hydrogen-bond donors (Lipinski definition) is 0. The normalized spacial score (nSPS) is 14.4. The van der Waals surface area contributed by atoms with Crippen molar-refractivity contribution in [2.75, 3.05) is 0 Å². The second-order valence-corrected chi connectivity index (χ2v) is 9.72. The zero-order valence-electron chi connectivity index (χ0n) is 20.4. The Balaban J connectivity index is 1.91. The summed E-state index contributed by atoms with van der Waals surface area (Å²) in [4.78, 5) is 26.9. The summed E-state index contributed by atoms with van der Waals surface area (Å²) in [7, 11) is 3.22. The summed E-state index contributed by atoms with van der Waals surface area (Å²) in [5, 5.41) is 1.02. The van der Waals surface area contributed by atoms with Gasteiger partial charge in [0.05, 0.1) is 28.0 Å². The second kappa shape index (κ2) is 8.00. The third-order valence-electron chi connectivity index (χ3n) is 7.13. The zero-order chi connectivity index (χ0) is 25.3. The molecule has 2 aromatic heterocycles. The van der Waals surface area contributed by atoms with Gasteiger partial charge in [0, 0.05) is 30.2 Å². The van der Waals surface area contributed by atoms with Gasteiger partial charge >= 0.3 is 5.69 Å². The average molecular weight is 498 g/mol. The van der Waals surface area contributed by atoms with E-state index in [0.29, 0.717) is 21.7 Å². The van der Waals surface area contributed by atoms with Crippen LogP contribution >= 0.6 is 11.6 Å². The Morgan fingerprint density at radius 1 is 0.861 bits per heavy atom. The molecule has 7 heteroatoms. The molecule has 0 spiro atoms. The first kappa shape index (κ1) is 22.4. The number of benzene rings is 3. The molecule has 0 N–H and O–H groups in total. The first-order valence-corrected chi connectivity index (χ1v) is 12.1. The molecule has 0 aliphatic carbocycles. The molecule has 3 aromatic carbocycles. The van der Waals surface area contributed by atoms with Crippen molar-refractivity contribution >= 4 is 22.5 Å². The van der Waals surface area contributed by atoms with Crippen LogP contribution in [-0.2, 0) is 14.1 Å². The van der Waals surface area contributed by atoms with Crippen LogP contribution in [0.15, 0.2) is 76.3 Å². The molecule has 5 aromatic rings. The number of fused-ring (bicyclic) bond motifs is 5. The number of rotatable bonds is 2. The van der Waals surface area contributed by atoms with E-state index in [9.17, 15) is 9.59 Å². The Bertz CT molecular complexity index is 1830. The summed E-state index contributed by atoms with van der Waals surface area (Å²) >= 11 is 6.47.